The van der Waals surface area contributed by atoms with E-state index < -0.39 is 0 Å². The van der Waals surface area contributed by atoms with Gasteiger partial charge in [-0.15, -0.1) is 0 Å². The van der Waals surface area contributed by atoms with Crippen molar-refractivity contribution in [2.24, 2.45) is 0 Å². The summed E-state index contributed by atoms with van der Waals surface area (Å²) >= 11 is 0. The van der Waals surface area contributed by atoms with E-state index in [2.05, 4.69) is 42.5 Å². The normalized spacial score (nSPS) is 17.8. The molecule has 0 amide bonds. The summed E-state index contributed by atoms with van der Waals surface area (Å²) in [7, 11) is 0. The van der Waals surface area contributed by atoms with Crippen LogP contribution in [-0.2, 0) is 0 Å². The molecule has 0 N–H and O–H groups in total. The average Bonchev–Trinajstić information content (AvgIpc) is 2.62. The molecule has 0 radical (unpaired) electrons. The summed E-state index contributed by atoms with van der Waals surface area (Å²) in [6.45, 7) is 0. The SMILES string of the molecule is c1ccc2cc(C3CCCCC3)cc-2cc1. The van der Waals surface area contributed by atoms with Gasteiger partial charge in [0.2, 0.25) is 0 Å². The average molecular weight is 210 g/mol. The van der Waals surface area contributed by atoms with Crippen LogP contribution in [-0.4, -0.2) is 0 Å². The predicted molar refractivity (Wildman–Crippen MR) is 68.9 cm³/mol. The summed E-state index contributed by atoms with van der Waals surface area (Å²) < 4.78 is 0. The molecule has 0 aromatic heterocycles. The first-order valence-corrected chi connectivity index (χ1v) is 6.42. The Balaban J connectivity index is 1.96. The molecule has 0 heteroatoms. The van der Waals surface area contributed by atoms with E-state index >= 15 is 0 Å². The van der Waals surface area contributed by atoms with Crippen LogP contribution in [0.3, 0.4) is 0 Å². The highest BCUT2D eigenvalue weighted by atomic mass is 14.2. The van der Waals surface area contributed by atoms with E-state index in [1.54, 1.807) is 5.56 Å². The molecular weight excluding hydrogens is 192 g/mol. The summed E-state index contributed by atoms with van der Waals surface area (Å²) in [4.78, 5) is 0. The maximum absolute atomic E-state index is 2.39. The molecule has 82 valence electrons. The van der Waals surface area contributed by atoms with Crippen molar-refractivity contribution in [2.75, 3.05) is 0 Å². The molecule has 16 heavy (non-hydrogen) atoms. The zero-order chi connectivity index (χ0) is 10.8. The van der Waals surface area contributed by atoms with Gasteiger partial charge in [0.05, 0.1) is 0 Å². The number of rotatable bonds is 1. The quantitative estimate of drug-likeness (QED) is 0.632. The van der Waals surface area contributed by atoms with E-state index in [9.17, 15) is 0 Å². The van der Waals surface area contributed by atoms with Gasteiger partial charge in [-0.2, -0.15) is 0 Å². The minimum absolute atomic E-state index is 0.825. The summed E-state index contributed by atoms with van der Waals surface area (Å²) in [5.74, 6) is 0.825. The van der Waals surface area contributed by atoms with Crippen molar-refractivity contribution in [3.05, 3.63) is 48.0 Å². The van der Waals surface area contributed by atoms with Crippen LogP contribution in [0.25, 0.3) is 11.1 Å². The van der Waals surface area contributed by atoms with Crippen LogP contribution < -0.4 is 0 Å². The lowest BCUT2D eigenvalue weighted by atomic mass is 9.85. The number of hydrogen-bond donors (Lipinski definition) is 0. The second-order valence-electron chi connectivity index (χ2n) is 4.94. The van der Waals surface area contributed by atoms with Crippen LogP contribution in [0.2, 0.25) is 0 Å². The van der Waals surface area contributed by atoms with Gasteiger partial charge in [-0.3, -0.25) is 0 Å². The van der Waals surface area contributed by atoms with Crippen LogP contribution in [0.1, 0.15) is 43.6 Å². The molecule has 0 aromatic rings. The van der Waals surface area contributed by atoms with Crippen LogP contribution >= 0.6 is 0 Å². The molecule has 0 spiro atoms. The Hall–Kier alpha value is -1.30. The first-order chi connectivity index (χ1) is 7.93. The molecule has 0 saturated heterocycles. The third-order valence-corrected chi connectivity index (χ3v) is 3.83. The predicted octanol–water partition coefficient (Wildman–Crippen LogP) is 4.84. The highest BCUT2D eigenvalue weighted by molar-refractivity contribution is 5.68. The van der Waals surface area contributed by atoms with Crippen LogP contribution in [0.4, 0.5) is 0 Å². The topological polar surface area (TPSA) is 0 Å². The van der Waals surface area contributed by atoms with Gasteiger partial charge in [0, 0.05) is 0 Å². The van der Waals surface area contributed by atoms with E-state index in [0.29, 0.717) is 0 Å². The first kappa shape index (κ1) is 9.89. The summed E-state index contributed by atoms with van der Waals surface area (Å²) in [5, 5.41) is 0. The van der Waals surface area contributed by atoms with Gasteiger partial charge in [0.25, 0.3) is 0 Å². The largest absolute Gasteiger partial charge is 0.0622 e. The van der Waals surface area contributed by atoms with Gasteiger partial charge in [0.1, 0.15) is 0 Å². The molecule has 0 aromatic carbocycles. The van der Waals surface area contributed by atoms with Crippen molar-refractivity contribution in [2.45, 2.75) is 38.0 Å². The van der Waals surface area contributed by atoms with Crippen molar-refractivity contribution < 1.29 is 0 Å². The van der Waals surface area contributed by atoms with E-state index in [1.807, 2.05) is 0 Å². The van der Waals surface area contributed by atoms with Crippen molar-refractivity contribution >= 4 is 0 Å². The molecule has 3 rings (SSSR count). The van der Waals surface area contributed by atoms with Gasteiger partial charge in [-0.25, -0.2) is 0 Å². The highest BCUT2D eigenvalue weighted by Crippen LogP contribution is 2.37. The van der Waals surface area contributed by atoms with Crippen LogP contribution in [0.5, 0.6) is 0 Å². The van der Waals surface area contributed by atoms with Crippen LogP contribution in [0.15, 0.2) is 42.5 Å². The fraction of sp³-hybridized carbons (Fsp3) is 0.375. The Bertz CT molecular complexity index is 407. The molecule has 1 saturated carbocycles. The summed E-state index contributed by atoms with van der Waals surface area (Å²) in [5.41, 5.74) is 4.36. The Morgan fingerprint density at radius 1 is 0.750 bits per heavy atom. The zero-order valence-corrected chi connectivity index (χ0v) is 9.65. The van der Waals surface area contributed by atoms with E-state index in [1.165, 1.54) is 43.2 Å². The Morgan fingerprint density at radius 2 is 1.38 bits per heavy atom. The Labute approximate surface area is 97.7 Å². The van der Waals surface area contributed by atoms with Crippen molar-refractivity contribution in [3.63, 3.8) is 0 Å². The fourth-order valence-electron chi connectivity index (χ4n) is 2.91. The minimum Gasteiger partial charge on any atom is -0.0622 e. The molecule has 0 unspecified atom stereocenters. The molecule has 0 aliphatic heterocycles. The smallest absolute Gasteiger partial charge is 0.0162 e. The maximum Gasteiger partial charge on any atom is -0.0162 e. The second-order valence-corrected chi connectivity index (χ2v) is 4.94. The molecule has 0 nitrogen and oxygen atoms in total. The molecule has 0 atom stereocenters. The zero-order valence-electron chi connectivity index (χ0n) is 9.65. The lowest BCUT2D eigenvalue weighted by Gasteiger charge is -2.20. The van der Waals surface area contributed by atoms with Gasteiger partial charge in [-0.1, -0.05) is 61.7 Å². The first-order valence-electron chi connectivity index (χ1n) is 6.42. The number of fused-ring (bicyclic) bond motifs is 1. The summed E-state index contributed by atoms with van der Waals surface area (Å²) in [6.07, 6.45) is 7.05. The molecule has 0 heterocycles. The molecule has 0 bridgehead atoms. The molecule has 1 fully saturated rings. The monoisotopic (exact) mass is 210 g/mol. The molecular formula is C16H18. The summed E-state index contributed by atoms with van der Waals surface area (Å²) in [6, 6.07) is 15.6. The van der Waals surface area contributed by atoms with Gasteiger partial charge >= 0.3 is 0 Å². The highest BCUT2D eigenvalue weighted by Gasteiger charge is 2.17. The van der Waals surface area contributed by atoms with Gasteiger partial charge in [-0.05, 0) is 35.4 Å². The second kappa shape index (κ2) is 4.29. The third-order valence-electron chi connectivity index (χ3n) is 3.83. The molecule has 3 aliphatic carbocycles. The fourth-order valence-corrected chi connectivity index (χ4v) is 2.91. The molecule has 3 aliphatic rings. The number of hydrogen-bond acceptors (Lipinski definition) is 0. The maximum atomic E-state index is 2.39. The minimum atomic E-state index is 0.825. The van der Waals surface area contributed by atoms with Gasteiger partial charge < -0.3 is 0 Å². The lowest BCUT2D eigenvalue weighted by Crippen LogP contribution is -2.02. The van der Waals surface area contributed by atoms with Crippen molar-refractivity contribution in [3.8, 4) is 11.1 Å². The van der Waals surface area contributed by atoms with Crippen LogP contribution in [0, 0.1) is 0 Å². The van der Waals surface area contributed by atoms with Crippen molar-refractivity contribution in [1.29, 1.82) is 0 Å². The van der Waals surface area contributed by atoms with E-state index in [0.717, 1.165) is 5.92 Å². The van der Waals surface area contributed by atoms with E-state index in [-0.39, 0.29) is 0 Å². The third kappa shape index (κ3) is 1.84. The Morgan fingerprint density at radius 3 is 2.00 bits per heavy atom. The van der Waals surface area contributed by atoms with Crippen molar-refractivity contribution in [1.82, 2.24) is 0 Å². The Kier molecular flexibility index (Phi) is 2.65. The van der Waals surface area contributed by atoms with Gasteiger partial charge in [0.15, 0.2) is 0 Å². The lowest BCUT2D eigenvalue weighted by molar-refractivity contribution is 0.444. The van der Waals surface area contributed by atoms with E-state index in [4.69, 9.17) is 0 Å². The standard InChI is InChI=1S/C16H18/c1-3-7-13(8-4-1)16-11-14-9-5-2-6-10-15(14)12-16/h2,5-6,9-13H,1,3-4,7-8H2.